The Bertz CT molecular complexity index is 350. The average molecular weight is 296 g/mol. The Hall–Kier alpha value is -0.900. The van der Waals surface area contributed by atoms with Gasteiger partial charge in [-0.25, -0.2) is 0 Å². The molecule has 2 aliphatic carbocycles. The Morgan fingerprint density at radius 2 is 1.33 bits per heavy atom. The molecule has 2 saturated carbocycles. The molecule has 2 fully saturated rings. The Kier molecular flexibility index (Phi) is 6.22. The van der Waals surface area contributed by atoms with Gasteiger partial charge in [-0.1, -0.05) is 0 Å². The molecule has 0 N–H and O–H groups in total. The maximum atomic E-state index is 11.5. The summed E-state index contributed by atoms with van der Waals surface area (Å²) in [4.78, 5) is 22.4. The maximum absolute atomic E-state index is 11.5. The number of Topliss-reactive ketones (excluding diaryl/α,β-unsaturated/α-hetero) is 1. The van der Waals surface area contributed by atoms with Gasteiger partial charge >= 0.3 is 5.97 Å². The first-order valence-corrected chi connectivity index (χ1v) is 8.30. The fourth-order valence-electron chi connectivity index (χ4n) is 3.90. The Morgan fingerprint density at radius 3 is 1.76 bits per heavy atom. The monoisotopic (exact) mass is 296 g/mol. The van der Waals surface area contributed by atoms with Crippen LogP contribution in [0.2, 0.25) is 0 Å². The number of methoxy groups -OCH3 is 1. The summed E-state index contributed by atoms with van der Waals surface area (Å²) in [5.74, 6) is 1.13. The second kappa shape index (κ2) is 7.92. The number of ketones is 1. The smallest absolute Gasteiger partial charge is 0.313 e. The minimum Gasteiger partial charge on any atom is -0.462 e. The highest BCUT2D eigenvalue weighted by molar-refractivity contribution is 5.94. The summed E-state index contributed by atoms with van der Waals surface area (Å²) in [5, 5.41) is 0. The van der Waals surface area contributed by atoms with E-state index in [1.165, 1.54) is 32.6 Å². The van der Waals surface area contributed by atoms with Crippen molar-refractivity contribution in [3.05, 3.63) is 0 Å². The molecule has 0 aromatic rings. The van der Waals surface area contributed by atoms with Crippen LogP contribution in [0.1, 0.15) is 64.7 Å². The van der Waals surface area contributed by atoms with Crippen molar-refractivity contribution in [2.24, 2.45) is 11.8 Å². The Balaban J connectivity index is 1.68. The van der Waals surface area contributed by atoms with Crippen LogP contribution in [0.4, 0.5) is 0 Å². The molecule has 0 unspecified atom stereocenters. The standard InChI is InChI=1S/C17H28O4/c1-12(18)11-17(19)21-16-9-5-14(6-10-16)13-3-7-15(20-2)8-4-13/h13-16H,3-11H2,1-2H3. The summed E-state index contributed by atoms with van der Waals surface area (Å²) in [6.45, 7) is 1.43. The van der Waals surface area contributed by atoms with E-state index in [2.05, 4.69) is 0 Å². The lowest BCUT2D eigenvalue weighted by Gasteiger charge is -2.37. The summed E-state index contributed by atoms with van der Waals surface area (Å²) in [6, 6.07) is 0. The molecule has 0 amide bonds. The van der Waals surface area contributed by atoms with Crippen LogP contribution in [0.3, 0.4) is 0 Å². The lowest BCUT2D eigenvalue weighted by atomic mass is 9.72. The number of esters is 1. The highest BCUT2D eigenvalue weighted by Crippen LogP contribution is 2.39. The third-order valence-corrected chi connectivity index (χ3v) is 5.13. The molecule has 2 rings (SSSR count). The molecule has 0 spiro atoms. The van der Waals surface area contributed by atoms with Crippen LogP contribution in [0, 0.1) is 11.8 Å². The SMILES string of the molecule is COC1CCC(C2CCC(OC(=O)CC(C)=O)CC2)CC1. The predicted molar refractivity (Wildman–Crippen MR) is 79.9 cm³/mol. The fourth-order valence-corrected chi connectivity index (χ4v) is 3.90. The number of ether oxygens (including phenoxy) is 2. The fraction of sp³-hybridized carbons (Fsp3) is 0.882. The van der Waals surface area contributed by atoms with Gasteiger partial charge in [-0.2, -0.15) is 0 Å². The lowest BCUT2D eigenvalue weighted by Crippen LogP contribution is -2.31. The largest absolute Gasteiger partial charge is 0.462 e. The minimum absolute atomic E-state index is 0.0309. The summed E-state index contributed by atoms with van der Waals surface area (Å²) in [6.07, 6.45) is 9.56. The van der Waals surface area contributed by atoms with Crippen molar-refractivity contribution in [1.82, 2.24) is 0 Å². The van der Waals surface area contributed by atoms with Gasteiger partial charge in [0.25, 0.3) is 0 Å². The van der Waals surface area contributed by atoms with Crippen molar-refractivity contribution < 1.29 is 19.1 Å². The third kappa shape index (κ3) is 5.10. The molecule has 4 nitrogen and oxygen atoms in total. The third-order valence-electron chi connectivity index (χ3n) is 5.13. The van der Waals surface area contributed by atoms with Gasteiger partial charge in [-0.05, 0) is 70.1 Å². The normalized spacial score (nSPS) is 33.4. The summed E-state index contributed by atoms with van der Waals surface area (Å²) >= 11 is 0. The summed E-state index contributed by atoms with van der Waals surface area (Å²) < 4.78 is 10.8. The van der Waals surface area contributed by atoms with E-state index in [4.69, 9.17) is 9.47 Å². The van der Waals surface area contributed by atoms with Crippen LogP contribution < -0.4 is 0 Å². The van der Waals surface area contributed by atoms with E-state index in [-0.39, 0.29) is 24.3 Å². The molecule has 4 heteroatoms. The van der Waals surface area contributed by atoms with Gasteiger partial charge in [0.05, 0.1) is 6.10 Å². The van der Waals surface area contributed by atoms with Crippen molar-refractivity contribution in [2.75, 3.05) is 7.11 Å². The van der Waals surface area contributed by atoms with Gasteiger partial charge in [0.2, 0.25) is 0 Å². The molecular weight excluding hydrogens is 268 g/mol. The zero-order chi connectivity index (χ0) is 15.2. The van der Waals surface area contributed by atoms with Crippen LogP contribution >= 0.6 is 0 Å². The van der Waals surface area contributed by atoms with Crippen LogP contribution in [0.25, 0.3) is 0 Å². The van der Waals surface area contributed by atoms with Crippen LogP contribution in [0.5, 0.6) is 0 Å². The van der Waals surface area contributed by atoms with Crippen molar-refractivity contribution >= 4 is 11.8 Å². The number of carbonyl (C=O) groups is 2. The van der Waals surface area contributed by atoms with Gasteiger partial charge in [-0.15, -0.1) is 0 Å². The van der Waals surface area contributed by atoms with E-state index in [1.807, 2.05) is 7.11 Å². The first kappa shape index (κ1) is 16.5. The van der Waals surface area contributed by atoms with Gasteiger partial charge < -0.3 is 9.47 Å². The predicted octanol–water partition coefficient (Wildman–Crippen LogP) is 3.27. The molecule has 0 aromatic carbocycles. The Morgan fingerprint density at radius 1 is 0.857 bits per heavy atom. The van der Waals surface area contributed by atoms with Gasteiger partial charge in [0.15, 0.2) is 0 Å². The van der Waals surface area contributed by atoms with Gasteiger partial charge in [0.1, 0.15) is 18.3 Å². The molecule has 21 heavy (non-hydrogen) atoms. The first-order valence-electron chi connectivity index (χ1n) is 8.30. The molecule has 120 valence electrons. The molecule has 0 saturated heterocycles. The zero-order valence-corrected chi connectivity index (χ0v) is 13.3. The highest BCUT2D eigenvalue weighted by Gasteiger charge is 2.31. The lowest BCUT2D eigenvalue weighted by molar-refractivity contribution is -0.152. The quantitative estimate of drug-likeness (QED) is 0.577. The molecule has 0 bridgehead atoms. The number of rotatable bonds is 5. The molecule has 0 aromatic heterocycles. The topological polar surface area (TPSA) is 52.6 Å². The van der Waals surface area contributed by atoms with E-state index in [9.17, 15) is 9.59 Å². The van der Waals surface area contributed by atoms with E-state index in [1.54, 1.807) is 0 Å². The second-order valence-electron chi connectivity index (χ2n) is 6.68. The van der Waals surface area contributed by atoms with Crippen molar-refractivity contribution in [3.8, 4) is 0 Å². The molecule has 2 aliphatic rings. The average Bonchev–Trinajstić information content (AvgIpc) is 2.47. The van der Waals surface area contributed by atoms with E-state index < -0.39 is 0 Å². The van der Waals surface area contributed by atoms with Crippen molar-refractivity contribution in [2.45, 2.75) is 76.9 Å². The van der Waals surface area contributed by atoms with Crippen LogP contribution in [-0.2, 0) is 19.1 Å². The molecule has 0 heterocycles. The van der Waals surface area contributed by atoms with Crippen LogP contribution in [-0.4, -0.2) is 31.1 Å². The number of hydrogen-bond acceptors (Lipinski definition) is 4. The van der Waals surface area contributed by atoms with Crippen molar-refractivity contribution in [1.29, 1.82) is 0 Å². The van der Waals surface area contributed by atoms with Gasteiger partial charge in [0, 0.05) is 7.11 Å². The van der Waals surface area contributed by atoms with Crippen LogP contribution in [0.15, 0.2) is 0 Å². The molecule has 0 atom stereocenters. The molecule has 0 aliphatic heterocycles. The summed E-state index contributed by atoms with van der Waals surface area (Å²) in [5.41, 5.74) is 0. The van der Waals surface area contributed by atoms with E-state index >= 15 is 0 Å². The molecule has 0 radical (unpaired) electrons. The van der Waals surface area contributed by atoms with E-state index in [0.29, 0.717) is 6.10 Å². The Labute approximate surface area is 127 Å². The first-order chi connectivity index (χ1) is 10.1. The minimum atomic E-state index is -0.355. The number of carbonyl (C=O) groups excluding carboxylic acids is 2. The highest BCUT2D eigenvalue weighted by atomic mass is 16.5. The van der Waals surface area contributed by atoms with E-state index in [0.717, 1.165) is 37.5 Å². The van der Waals surface area contributed by atoms with Gasteiger partial charge in [-0.3, -0.25) is 9.59 Å². The molecular formula is C17H28O4. The zero-order valence-electron chi connectivity index (χ0n) is 13.3. The number of hydrogen-bond donors (Lipinski definition) is 0. The summed E-state index contributed by atoms with van der Waals surface area (Å²) in [7, 11) is 1.81. The van der Waals surface area contributed by atoms with Crippen molar-refractivity contribution in [3.63, 3.8) is 0 Å². The second-order valence-corrected chi connectivity index (χ2v) is 6.68. The maximum Gasteiger partial charge on any atom is 0.313 e.